The molecule has 1 aromatic carbocycles. The molecule has 3 nitrogen and oxygen atoms in total. The molecule has 18 heavy (non-hydrogen) atoms. The third kappa shape index (κ3) is 2.59. The van der Waals surface area contributed by atoms with Crippen LogP contribution in [0.5, 0.6) is 0 Å². The van der Waals surface area contributed by atoms with E-state index < -0.39 is 0 Å². The molecule has 2 atom stereocenters. The zero-order valence-electron chi connectivity index (χ0n) is 10.7. The summed E-state index contributed by atoms with van der Waals surface area (Å²) in [7, 11) is 0. The molecule has 2 unspecified atom stereocenters. The first-order valence-electron chi connectivity index (χ1n) is 6.23. The standard InChI is InChI=1S/C14H18BrNO2/c1-9-4-3-5-11(13(9)15)14(18)16-7-6-12(17)10(2)8-16/h3-5,10,12,17H,6-8H2,1-2H3. The summed E-state index contributed by atoms with van der Waals surface area (Å²) in [4.78, 5) is 14.3. The summed E-state index contributed by atoms with van der Waals surface area (Å²) < 4.78 is 0.869. The van der Waals surface area contributed by atoms with Gasteiger partial charge in [0.05, 0.1) is 11.7 Å². The fourth-order valence-corrected chi connectivity index (χ4v) is 2.73. The lowest BCUT2D eigenvalue weighted by atomic mass is 9.96. The molecule has 1 heterocycles. The Morgan fingerprint density at radius 1 is 1.50 bits per heavy atom. The number of hydrogen-bond acceptors (Lipinski definition) is 2. The largest absolute Gasteiger partial charge is 0.393 e. The molecule has 1 amide bonds. The smallest absolute Gasteiger partial charge is 0.255 e. The van der Waals surface area contributed by atoms with E-state index in [2.05, 4.69) is 15.9 Å². The zero-order valence-corrected chi connectivity index (χ0v) is 12.3. The van der Waals surface area contributed by atoms with Crippen molar-refractivity contribution in [2.75, 3.05) is 13.1 Å². The predicted octanol–water partition coefficient (Wildman–Crippen LogP) is 2.60. The number of likely N-dealkylation sites (tertiary alicyclic amines) is 1. The first kappa shape index (κ1) is 13.6. The van der Waals surface area contributed by atoms with Crippen molar-refractivity contribution >= 4 is 21.8 Å². The van der Waals surface area contributed by atoms with E-state index in [9.17, 15) is 9.90 Å². The molecule has 0 aliphatic carbocycles. The molecule has 98 valence electrons. The van der Waals surface area contributed by atoms with Crippen LogP contribution in [0.2, 0.25) is 0 Å². The normalized spacial score (nSPS) is 24.1. The van der Waals surface area contributed by atoms with Gasteiger partial charge < -0.3 is 10.0 Å². The number of piperidine rings is 1. The minimum absolute atomic E-state index is 0.0457. The number of halogens is 1. The van der Waals surface area contributed by atoms with Crippen molar-refractivity contribution in [2.24, 2.45) is 5.92 Å². The quantitative estimate of drug-likeness (QED) is 0.866. The molecular formula is C14H18BrNO2. The van der Waals surface area contributed by atoms with Gasteiger partial charge in [-0.05, 0) is 46.8 Å². The highest BCUT2D eigenvalue weighted by Crippen LogP contribution is 2.25. The molecule has 0 bridgehead atoms. The second kappa shape index (κ2) is 5.41. The Balaban J connectivity index is 2.19. The SMILES string of the molecule is Cc1cccc(C(=O)N2CCC(O)C(C)C2)c1Br. The Hall–Kier alpha value is -0.870. The average molecular weight is 312 g/mol. The van der Waals surface area contributed by atoms with Gasteiger partial charge in [-0.15, -0.1) is 0 Å². The summed E-state index contributed by atoms with van der Waals surface area (Å²) >= 11 is 3.48. The van der Waals surface area contributed by atoms with E-state index in [-0.39, 0.29) is 17.9 Å². The maximum Gasteiger partial charge on any atom is 0.255 e. The van der Waals surface area contributed by atoms with Gasteiger partial charge in [0, 0.05) is 17.6 Å². The van der Waals surface area contributed by atoms with Crippen molar-refractivity contribution in [2.45, 2.75) is 26.4 Å². The zero-order chi connectivity index (χ0) is 13.3. The molecule has 4 heteroatoms. The number of aliphatic hydroxyl groups is 1. The fourth-order valence-electron chi connectivity index (χ4n) is 2.30. The van der Waals surface area contributed by atoms with Crippen molar-refractivity contribution in [1.82, 2.24) is 4.90 Å². The van der Waals surface area contributed by atoms with Gasteiger partial charge in [-0.1, -0.05) is 19.1 Å². The molecular weight excluding hydrogens is 294 g/mol. The Labute approximate surface area is 116 Å². The molecule has 2 rings (SSSR count). The van der Waals surface area contributed by atoms with Crippen LogP contribution in [0, 0.1) is 12.8 Å². The number of nitrogens with zero attached hydrogens (tertiary/aromatic N) is 1. The first-order valence-corrected chi connectivity index (χ1v) is 7.02. The summed E-state index contributed by atoms with van der Waals surface area (Å²) in [6.07, 6.45) is 0.381. The van der Waals surface area contributed by atoms with E-state index in [1.165, 1.54) is 0 Å². The third-order valence-corrected chi connectivity index (χ3v) is 4.62. The van der Waals surface area contributed by atoms with Gasteiger partial charge in [-0.2, -0.15) is 0 Å². The maximum absolute atomic E-state index is 12.4. The lowest BCUT2D eigenvalue weighted by Crippen LogP contribution is -2.45. The van der Waals surface area contributed by atoms with Gasteiger partial charge in [0.1, 0.15) is 0 Å². The van der Waals surface area contributed by atoms with Crippen LogP contribution in [0.25, 0.3) is 0 Å². The third-order valence-electron chi connectivity index (χ3n) is 3.57. The van der Waals surface area contributed by atoms with Gasteiger partial charge >= 0.3 is 0 Å². The van der Waals surface area contributed by atoms with Gasteiger partial charge in [-0.25, -0.2) is 0 Å². The number of aliphatic hydroxyl groups excluding tert-OH is 1. The van der Waals surface area contributed by atoms with E-state index in [0.29, 0.717) is 25.1 Å². The van der Waals surface area contributed by atoms with Gasteiger partial charge in [-0.3, -0.25) is 4.79 Å². The summed E-state index contributed by atoms with van der Waals surface area (Å²) in [5.74, 6) is 0.190. The number of hydrogen-bond donors (Lipinski definition) is 1. The lowest BCUT2D eigenvalue weighted by Gasteiger charge is -2.34. The molecule has 1 aliphatic rings. The van der Waals surface area contributed by atoms with E-state index in [4.69, 9.17) is 0 Å². The summed E-state index contributed by atoms with van der Waals surface area (Å²) in [5, 5.41) is 9.70. The lowest BCUT2D eigenvalue weighted by molar-refractivity contribution is 0.0297. The van der Waals surface area contributed by atoms with Crippen molar-refractivity contribution in [3.63, 3.8) is 0 Å². The Morgan fingerprint density at radius 2 is 2.22 bits per heavy atom. The maximum atomic E-state index is 12.4. The molecule has 0 aromatic heterocycles. The second-order valence-electron chi connectivity index (χ2n) is 5.02. The van der Waals surface area contributed by atoms with Crippen LogP contribution in [-0.4, -0.2) is 35.1 Å². The van der Waals surface area contributed by atoms with Crippen LogP contribution in [0.15, 0.2) is 22.7 Å². The molecule has 1 N–H and O–H groups in total. The minimum Gasteiger partial charge on any atom is -0.393 e. The molecule has 1 saturated heterocycles. The van der Waals surface area contributed by atoms with Crippen LogP contribution in [0.3, 0.4) is 0 Å². The van der Waals surface area contributed by atoms with E-state index in [0.717, 1.165) is 10.0 Å². The number of aryl methyl sites for hydroxylation is 1. The topological polar surface area (TPSA) is 40.5 Å². The second-order valence-corrected chi connectivity index (χ2v) is 5.81. The highest BCUT2D eigenvalue weighted by atomic mass is 79.9. The molecule has 1 fully saturated rings. The molecule has 0 spiro atoms. The minimum atomic E-state index is -0.282. The number of amides is 1. The Kier molecular flexibility index (Phi) is 4.07. The van der Waals surface area contributed by atoms with Gasteiger partial charge in [0.15, 0.2) is 0 Å². The molecule has 1 aliphatic heterocycles. The first-order chi connectivity index (χ1) is 8.50. The van der Waals surface area contributed by atoms with Crippen molar-refractivity contribution in [1.29, 1.82) is 0 Å². The van der Waals surface area contributed by atoms with Crippen molar-refractivity contribution in [3.8, 4) is 0 Å². The van der Waals surface area contributed by atoms with Gasteiger partial charge in [0.2, 0.25) is 0 Å². The summed E-state index contributed by atoms with van der Waals surface area (Å²) in [6, 6.07) is 5.72. The van der Waals surface area contributed by atoms with Crippen LogP contribution in [0.4, 0.5) is 0 Å². The van der Waals surface area contributed by atoms with Crippen molar-refractivity contribution < 1.29 is 9.90 Å². The number of carbonyl (C=O) groups is 1. The summed E-state index contributed by atoms with van der Waals surface area (Å²) in [5.41, 5.74) is 1.77. The summed E-state index contributed by atoms with van der Waals surface area (Å²) in [6.45, 7) is 5.21. The van der Waals surface area contributed by atoms with Crippen LogP contribution < -0.4 is 0 Å². The van der Waals surface area contributed by atoms with Crippen LogP contribution >= 0.6 is 15.9 Å². The monoisotopic (exact) mass is 311 g/mol. The number of carbonyl (C=O) groups excluding carboxylic acids is 1. The van der Waals surface area contributed by atoms with Crippen LogP contribution in [0.1, 0.15) is 29.3 Å². The van der Waals surface area contributed by atoms with Crippen LogP contribution in [-0.2, 0) is 0 Å². The Morgan fingerprint density at radius 3 is 2.89 bits per heavy atom. The average Bonchev–Trinajstić information content (AvgIpc) is 2.35. The highest BCUT2D eigenvalue weighted by molar-refractivity contribution is 9.10. The number of rotatable bonds is 1. The molecule has 0 saturated carbocycles. The van der Waals surface area contributed by atoms with Crippen molar-refractivity contribution in [3.05, 3.63) is 33.8 Å². The number of benzene rings is 1. The molecule has 1 aromatic rings. The van der Waals surface area contributed by atoms with Gasteiger partial charge in [0.25, 0.3) is 5.91 Å². The van der Waals surface area contributed by atoms with E-state index in [1.807, 2.05) is 36.9 Å². The molecule has 0 radical (unpaired) electrons. The predicted molar refractivity (Wildman–Crippen MR) is 74.6 cm³/mol. The van der Waals surface area contributed by atoms with E-state index >= 15 is 0 Å². The Bertz CT molecular complexity index is 461. The fraction of sp³-hybridized carbons (Fsp3) is 0.500. The highest BCUT2D eigenvalue weighted by Gasteiger charge is 2.28. The van der Waals surface area contributed by atoms with E-state index in [1.54, 1.807) is 0 Å².